The van der Waals surface area contributed by atoms with Crippen LogP contribution >= 0.6 is 0 Å². The van der Waals surface area contributed by atoms with Gasteiger partial charge in [-0.25, -0.2) is 0 Å². The van der Waals surface area contributed by atoms with Crippen molar-refractivity contribution in [3.63, 3.8) is 0 Å². The molecule has 1 aromatic heterocycles. The summed E-state index contributed by atoms with van der Waals surface area (Å²) in [5, 5.41) is 7.02. The van der Waals surface area contributed by atoms with Crippen molar-refractivity contribution >= 4 is 17.4 Å². The third kappa shape index (κ3) is 1.38. The molecule has 0 radical (unpaired) electrons. The normalized spacial score (nSPS) is 20.6. The molecular formula is C11H18N4O. The van der Waals surface area contributed by atoms with Gasteiger partial charge >= 0.3 is 0 Å². The van der Waals surface area contributed by atoms with Gasteiger partial charge in [-0.15, -0.1) is 0 Å². The van der Waals surface area contributed by atoms with E-state index in [4.69, 9.17) is 0 Å². The van der Waals surface area contributed by atoms with Crippen LogP contribution in [0.15, 0.2) is 6.20 Å². The SMILES string of the molecule is CC[C@@H]1C(=O)N(C)c2cn[nH]c2N1C(C)C. The number of amides is 1. The summed E-state index contributed by atoms with van der Waals surface area (Å²) in [7, 11) is 1.80. The highest BCUT2D eigenvalue weighted by Crippen LogP contribution is 2.35. The van der Waals surface area contributed by atoms with E-state index >= 15 is 0 Å². The molecule has 0 aromatic carbocycles. The molecule has 16 heavy (non-hydrogen) atoms. The van der Waals surface area contributed by atoms with Crippen LogP contribution in [0.25, 0.3) is 0 Å². The number of H-pyrrole nitrogens is 1. The highest BCUT2D eigenvalue weighted by Gasteiger charge is 2.37. The zero-order valence-corrected chi connectivity index (χ0v) is 10.2. The van der Waals surface area contributed by atoms with E-state index in [2.05, 4.69) is 28.9 Å². The average molecular weight is 222 g/mol. The van der Waals surface area contributed by atoms with Gasteiger partial charge in [0, 0.05) is 13.1 Å². The maximum Gasteiger partial charge on any atom is 0.249 e. The van der Waals surface area contributed by atoms with Crippen molar-refractivity contribution in [3.05, 3.63) is 6.20 Å². The van der Waals surface area contributed by atoms with Crippen molar-refractivity contribution in [2.45, 2.75) is 39.3 Å². The Bertz CT molecular complexity index is 398. The predicted octanol–water partition coefficient (Wildman–Crippen LogP) is 1.38. The highest BCUT2D eigenvalue weighted by molar-refractivity contribution is 6.04. The molecule has 1 aliphatic rings. The number of carbonyl (C=O) groups is 1. The molecule has 2 rings (SSSR count). The van der Waals surface area contributed by atoms with Crippen LogP contribution in [0, 0.1) is 0 Å². The van der Waals surface area contributed by atoms with E-state index in [1.165, 1.54) is 0 Å². The molecule has 5 nitrogen and oxygen atoms in total. The third-order valence-corrected chi connectivity index (χ3v) is 3.11. The van der Waals surface area contributed by atoms with Crippen molar-refractivity contribution in [1.82, 2.24) is 10.2 Å². The van der Waals surface area contributed by atoms with Gasteiger partial charge in [0.15, 0.2) is 0 Å². The van der Waals surface area contributed by atoms with Crippen LogP contribution in [0.4, 0.5) is 11.5 Å². The van der Waals surface area contributed by atoms with Gasteiger partial charge in [0.25, 0.3) is 0 Å². The van der Waals surface area contributed by atoms with E-state index in [-0.39, 0.29) is 18.0 Å². The van der Waals surface area contributed by atoms with Crippen molar-refractivity contribution in [2.75, 3.05) is 16.8 Å². The Labute approximate surface area is 95.4 Å². The van der Waals surface area contributed by atoms with Crippen LogP contribution in [0.5, 0.6) is 0 Å². The Kier molecular flexibility index (Phi) is 2.61. The van der Waals surface area contributed by atoms with Crippen molar-refractivity contribution in [3.8, 4) is 0 Å². The van der Waals surface area contributed by atoms with E-state index in [1.54, 1.807) is 18.1 Å². The third-order valence-electron chi connectivity index (χ3n) is 3.11. The first-order valence-electron chi connectivity index (χ1n) is 5.67. The molecule has 0 bridgehead atoms. The summed E-state index contributed by atoms with van der Waals surface area (Å²) in [5.74, 6) is 1.09. The highest BCUT2D eigenvalue weighted by atomic mass is 16.2. The molecule has 1 amide bonds. The average Bonchev–Trinajstić information content (AvgIpc) is 2.70. The first-order chi connectivity index (χ1) is 7.57. The Morgan fingerprint density at radius 3 is 2.81 bits per heavy atom. The van der Waals surface area contributed by atoms with Gasteiger partial charge in [0.05, 0.1) is 6.20 Å². The quantitative estimate of drug-likeness (QED) is 0.822. The molecule has 1 aromatic rings. The zero-order valence-electron chi connectivity index (χ0n) is 10.2. The Morgan fingerprint density at radius 1 is 1.56 bits per heavy atom. The van der Waals surface area contributed by atoms with Crippen LogP contribution < -0.4 is 9.80 Å². The molecule has 0 saturated carbocycles. The largest absolute Gasteiger partial charge is 0.341 e. The molecular weight excluding hydrogens is 204 g/mol. The minimum atomic E-state index is -0.0852. The van der Waals surface area contributed by atoms with E-state index in [0.717, 1.165) is 17.9 Å². The molecule has 0 spiro atoms. The van der Waals surface area contributed by atoms with Crippen LogP contribution in [0.2, 0.25) is 0 Å². The number of aromatic amines is 1. The second-order valence-corrected chi connectivity index (χ2v) is 4.43. The zero-order chi connectivity index (χ0) is 11.9. The molecule has 1 N–H and O–H groups in total. The Balaban J connectivity index is 2.51. The number of rotatable bonds is 2. The Hall–Kier alpha value is -1.52. The fourth-order valence-corrected chi connectivity index (χ4v) is 2.31. The molecule has 2 heterocycles. The standard InChI is InChI=1S/C11H18N4O/c1-5-8-11(16)14(4)9-6-12-13-10(9)15(8)7(2)3/h6-8H,5H2,1-4H3,(H,12,13)/t8-/m1/s1. The van der Waals surface area contributed by atoms with E-state index in [1.807, 2.05) is 6.92 Å². The number of hydrogen-bond acceptors (Lipinski definition) is 3. The smallest absolute Gasteiger partial charge is 0.249 e. The summed E-state index contributed by atoms with van der Waals surface area (Å²) in [6.45, 7) is 6.21. The first-order valence-corrected chi connectivity index (χ1v) is 5.67. The van der Waals surface area contributed by atoms with Crippen LogP contribution in [-0.4, -0.2) is 35.2 Å². The van der Waals surface area contributed by atoms with Gasteiger partial charge in [-0.1, -0.05) is 6.92 Å². The summed E-state index contributed by atoms with van der Waals surface area (Å²) < 4.78 is 0. The summed E-state index contributed by atoms with van der Waals surface area (Å²) >= 11 is 0. The molecule has 5 heteroatoms. The molecule has 0 unspecified atom stereocenters. The number of nitrogens with one attached hydrogen (secondary N) is 1. The second kappa shape index (κ2) is 3.81. The molecule has 0 fully saturated rings. The molecule has 1 aliphatic heterocycles. The van der Waals surface area contributed by atoms with Gasteiger partial charge in [-0.3, -0.25) is 9.89 Å². The maximum absolute atomic E-state index is 12.2. The minimum absolute atomic E-state index is 0.0852. The summed E-state index contributed by atoms with van der Waals surface area (Å²) in [6.07, 6.45) is 2.51. The van der Waals surface area contributed by atoms with Gasteiger partial charge < -0.3 is 9.80 Å². The number of fused-ring (bicyclic) bond motifs is 1. The fraction of sp³-hybridized carbons (Fsp3) is 0.636. The van der Waals surface area contributed by atoms with Gasteiger partial charge in [-0.05, 0) is 20.3 Å². The Morgan fingerprint density at radius 2 is 2.25 bits per heavy atom. The number of carbonyl (C=O) groups excluding carboxylic acids is 1. The molecule has 1 atom stereocenters. The van der Waals surface area contributed by atoms with Crippen molar-refractivity contribution in [1.29, 1.82) is 0 Å². The maximum atomic E-state index is 12.2. The topological polar surface area (TPSA) is 52.2 Å². The van der Waals surface area contributed by atoms with Crippen LogP contribution in [0.3, 0.4) is 0 Å². The number of likely N-dealkylation sites (N-methyl/N-ethyl adjacent to an activating group) is 1. The lowest BCUT2D eigenvalue weighted by molar-refractivity contribution is -0.120. The van der Waals surface area contributed by atoms with Gasteiger partial charge in [0.1, 0.15) is 17.5 Å². The predicted molar refractivity (Wildman–Crippen MR) is 63.7 cm³/mol. The summed E-state index contributed by atoms with van der Waals surface area (Å²) in [4.78, 5) is 16.0. The number of anilines is 2. The van der Waals surface area contributed by atoms with E-state index in [0.29, 0.717) is 0 Å². The van der Waals surface area contributed by atoms with Crippen LogP contribution in [0.1, 0.15) is 27.2 Å². The number of hydrogen-bond donors (Lipinski definition) is 1. The summed E-state index contributed by atoms with van der Waals surface area (Å²) in [6, 6.07) is 0.194. The lowest BCUT2D eigenvalue weighted by Gasteiger charge is -2.41. The molecule has 0 aliphatic carbocycles. The second-order valence-electron chi connectivity index (χ2n) is 4.43. The lowest BCUT2D eigenvalue weighted by atomic mass is 10.1. The number of nitrogens with zero attached hydrogens (tertiary/aromatic N) is 3. The molecule has 0 saturated heterocycles. The van der Waals surface area contributed by atoms with Crippen LogP contribution in [-0.2, 0) is 4.79 Å². The summed E-state index contributed by atoms with van der Waals surface area (Å²) in [5.41, 5.74) is 0.864. The van der Waals surface area contributed by atoms with E-state index in [9.17, 15) is 4.79 Å². The van der Waals surface area contributed by atoms with Crippen molar-refractivity contribution < 1.29 is 4.79 Å². The van der Waals surface area contributed by atoms with Crippen molar-refractivity contribution in [2.24, 2.45) is 0 Å². The van der Waals surface area contributed by atoms with E-state index < -0.39 is 0 Å². The number of aromatic nitrogens is 2. The first kappa shape index (κ1) is 11.0. The lowest BCUT2D eigenvalue weighted by Crippen LogP contribution is -2.54. The van der Waals surface area contributed by atoms with Gasteiger partial charge in [0.2, 0.25) is 5.91 Å². The molecule has 88 valence electrons. The van der Waals surface area contributed by atoms with Gasteiger partial charge in [-0.2, -0.15) is 5.10 Å². The minimum Gasteiger partial charge on any atom is -0.341 e. The fourth-order valence-electron chi connectivity index (χ4n) is 2.31. The monoisotopic (exact) mass is 222 g/mol.